The van der Waals surface area contributed by atoms with Crippen molar-refractivity contribution >= 4 is 11.8 Å². The van der Waals surface area contributed by atoms with E-state index in [1.165, 1.54) is 89.9 Å². The van der Waals surface area contributed by atoms with E-state index in [2.05, 4.69) is 48.4 Å². The van der Waals surface area contributed by atoms with Gasteiger partial charge in [0.05, 0.1) is 0 Å². The van der Waals surface area contributed by atoms with Crippen molar-refractivity contribution < 1.29 is 9.59 Å². The van der Waals surface area contributed by atoms with Gasteiger partial charge in [0, 0.05) is 37.3 Å². The molecule has 2 amide bonds. The monoisotopic (exact) mass is 606 g/mol. The molecule has 0 saturated carbocycles. The molecule has 0 aliphatic heterocycles. The van der Waals surface area contributed by atoms with Crippen LogP contribution in [0.3, 0.4) is 0 Å². The normalized spacial score (nSPS) is 11.3. The number of nitrogens with one attached hydrogen (secondary N) is 2. The molecule has 2 N–H and O–H groups in total. The predicted octanol–water partition coefficient (Wildman–Crippen LogP) is 8.18. The standard InChI is InChI=1S/C38H62N4O2/c1-5-7-9-11-13-15-17-29-41(3)31-27-39-37(43)35-23-19-33(20-24-35)34-21-25-36(26-22-34)38(44)40-28-32-42(4)30-18-16-14-12-10-8-6-2/h19-26H,5-18,27-32H2,1-4H3,(H,39,43)(H,40,44). The SMILES string of the molecule is CCCCCCCCCN(C)CCNC(=O)c1ccc(-c2ccc(C(=O)NCCN(C)CCCCCCCCC)cc2)cc1. The first-order chi connectivity index (χ1) is 21.4. The fourth-order valence-corrected chi connectivity index (χ4v) is 5.45. The highest BCUT2D eigenvalue weighted by Crippen LogP contribution is 2.20. The molecule has 0 unspecified atom stereocenters. The molecule has 2 aromatic carbocycles. The number of hydrogen-bond acceptors (Lipinski definition) is 4. The molecule has 0 bridgehead atoms. The van der Waals surface area contributed by atoms with Gasteiger partial charge in [0.2, 0.25) is 0 Å². The summed E-state index contributed by atoms with van der Waals surface area (Å²) in [5, 5.41) is 6.10. The van der Waals surface area contributed by atoms with Crippen molar-refractivity contribution in [3.05, 3.63) is 59.7 Å². The van der Waals surface area contributed by atoms with Gasteiger partial charge in [-0.25, -0.2) is 0 Å². The van der Waals surface area contributed by atoms with E-state index in [0.717, 1.165) is 37.3 Å². The number of benzene rings is 2. The van der Waals surface area contributed by atoms with Gasteiger partial charge < -0.3 is 20.4 Å². The fraction of sp³-hybridized carbons (Fsp3) is 0.632. The Hall–Kier alpha value is -2.70. The number of carbonyl (C=O) groups is 2. The maximum absolute atomic E-state index is 12.6. The van der Waals surface area contributed by atoms with E-state index in [4.69, 9.17) is 0 Å². The highest BCUT2D eigenvalue weighted by atomic mass is 16.2. The highest BCUT2D eigenvalue weighted by Gasteiger charge is 2.09. The summed E-state index contributed by atoms with van der Waals surface area (Å²) in [4.78, 5) is 29.9. The fourth-order valence-electron chi connectivity index (χ4n) is 5.45. The Labute approximate surface area is 269 Å². The van der Waals surface area contributed by atoms with E-state index in [9.17, 15) is 9.59 Å². The van der Waals surface area contributed by atoms with Crippen LogP contribution in [0.5, 0.6) is 0 Å². The second kappa shape index (κ2) is 23.7. The Morgan fingerprint density at radius 2 is 0.795 bits per heavy atom. The molecule has 0 fully saturated rings. The van der Waals surface area contributed by atoms with Gasteiger partial charge in [-0.15, -0.1) is 0 Å². The molecular weight excluding hydrogens is 544 g/mol. The average Bonchev–Trinajstić information content (AvgIpc) is 3.04. The van der Waals surface area contributed by atoms with Gasteiger partial charge >= 0.3 is 0 Å². The van der Waals surface area contributed by atoms with Crippen molar-refractivity contribution in [1.29, 1.82) is 0 Å². The van der Waals surface area contributed by atoms with E-state index >= 15 is 0 Å². The second-order valence-electron chi connectivity index (χ2n) is 12.5. The number of carbonyl (C=O) groups excluding carboxylic acids is 2. The lowest BCUT2D eigenvalue weighted by Gasteiger charge is -2.17. The minimum absolute atomic E-state index is 0.0408. The van der Waals surface area contributed by atoms with Crippen LogP contribution in [0.25, 0.3) is 11.1 Å². The first-order valence-corrected chi connectivity index (χ1v) is 17.6. The molecule has 0 heterocycles. The van der Waals surface area contributed by atoms with E-state index in [1.807, 2.05) is 48.5 Å². The number of likely N-dealkylation sites (N-methyl/N-ethyl adjacent to an activating group) is 2. The van der Waals surface area contributed by atoms with Gasteiger partial charge in [-0.1, -0.05) is 115 Å². The lowest BCUT2D eigenvalue weighted by molar-refractivity contribution is 0.0941. The Bertz CT molecular complexity index is 939. The highest BCUT2D eigenvalue weighted by molar-refractivity contribution is 5.95. The Morgan fingerprint density at radius 3 is 1.14 bits per heavy atom. The van der Waals surface area contributed by atoms with Crippen molar-refractivity contribution in [2.75, 3.05) is 53.4 Å². The third-order valence-corrected chi connectivity index (χ3v) is 8.47. The zero-order chi connectivity index (χ0) is 31.8. The molecule has 0 aromatic heterocycles. The maximum Gasteiger partial charge on any atom is 0.251 e. The molecule has 44 heavy (non-hydrogen) atoms. The van der Waals surface area contributed by atoms with Gasteiger partial charge in [-0.2, -0.15) is 0 Å². The molecule has 0 saturated heterocycles. The topological polar surface area (TPSA) is 64.7 Å². The summed E-state index contributed by atoms with van der Waals surface area (Å²) >= 11 is 0. The molecule has 0 atom stereocenters. The lowest BCUT2D eigenvalue weighted by Crippen LogP contribution is -2.33. The van der Waals surface area contributed by atoms with Crippen LogP contribution in [-0.2, 0) is 0 Å². The number of rotatable bonds is 25. The predicted molar refractivity (Wildman–Crippen MR) is 188 cm³/mol. The van der Waals surface area contributed by atoms with Crippen LogP contribution >= 0.6 is 0 Å². The summed E-state index contributed by atoms with van der Waals surface area (Å²) in [7, 11) is 4.26. The van der Waals surface area contributed by atoms with Crippen LogP contribution in [0.2, 0.25) is 0 Å². The van der Waals surface area contributed by atoms with Gasteiger partial charge in [0.25, 0.3) is 11.8 Å². The second-order valence-corrected chi connectivity index (χ2v) is 12.5. The first-order valence-electron chi connectivity index (χ1n) is 17.6. The van der Waals surface area contributed by atoms with Crippen LogP contribution in [-0.4, -0.2) is 75.0 Å². The van der Waals surface area contributed by atoms with Crippen molar-refractivity contribution in [1.82, 2.24) is 20.4 Å². The average molecular weight is 607 g/mol. The largest absolute Gasteiger partial charge is 0.351 e. The summed E-state index contributed by atoms with van der Waals surface area (Å²) in [5.74, 6) is -0.0816. The Kier molecular flexibility index (Phi) is 20.2. The molecular formula is C38H62N4O2. The molecule has 246 valence electrons. The molecule has 0 radical (unpaired) electrons. The Morgan fingerprint density at radius 1 is 0.477 bits per heavy atom. The van der Waals surface area contributed by atoms with Crippen LogP contribution in [0.1, 0.15) is 124 Å². The summed E-state index contributed by atoms with van der Waals surface area (Å²) in [5.41, 5.74) is 3.37. The van der Waals surface area contributed by atoms with Crippen molar-refractivity contribution in [3.63, 3.8) is 0 Å². The minimum atomic E-state index is -0.0408. The maximum atomic E-state index is 12.6. The van der Waals surface area contributed by atoms with Gasteiger partial charge in [-0.3, -0.25) is 9.59 Å². The number of unbranched alkanes of at least 4 members (excludes halogenated alkanes) is 12. The van der Waals surface area contributed by atoms with Crippen LogP contribution in [0.15, 0.2) is 48.5 Å². The molecule has 0 aliphatic carbocycles. The third kappa shape index (κ3) is 16.4. The molecule has 6 heteroatoms. The summed E-state index contributed by atoms with van der Waals surface area (Å²) in [6.07, 6.45) is 18.4. The third-order valence-electron chi connectivity index (χ3n) is 8.47. The van der Waals surface area contributed by atoms with Crippen LogP contribution in [0, 0.1) is 0 Å². The zero-order valence-electron chi connectivity index (χ0n) is 28.5. The van der Waals surface area contributed by atoms with Crippen molar-refractivity contribution in [2.24, 2.45) is 0 Å². The lowest BCUT2D eigenvalue weighted by atomic mass is 10.0. The van der Waals surface area contributed by atoms with Crippen LogP contribution in [0.4, 0.5) is 0 Å². The smallest absolute Gasteiger partial charge is 0.251 e. The van der Waals surface area contributed by atoms with E-state index in [-0.39, 0.29) is 11.8 Å². The van der Waals surface area contributed by atoms with E-state index in [0.29, 0.717) is 24.2 Å². The zero-order valence-corrected chi connectivity index (χ0v) is 28.5. The van der Waals surface area contributed by atoms with E-state index in [1.54, 1.807) is 0 Å². The molecule has 0 spiro atoms. The van der Waals surface area contributed by atoms with Gasteiger partial charge in [0.1, 0.15) is 0 Å². The molecule has 2 aromatic rings. The summed E-state index contributed by atoms with van der Waals surface area (Å²) < 4.78 is 0. The van der Waals surface area contributed by atoms with Crippen molar-refractivity contribution in [2.45, 2.75) is 104 Å². The van der Waals surface area contributed by atoms with E-state index < -0.39 is 0 Å². The first kappa shape index (κ1) is 37.5. The summed E-state index contributed by atoms with van der Waals surface area (Å²) in [6.45, 7) is 9.67. The number of hydrogen-bond donors (Lipinski definition) is 2. The molecule has 6 nitrogen and oxygen atoms in total. The molecule has 2 rings (SSSR count). The van der Waals surface area contributed by atoms with Crippen molar-refractivity contribution in [3.8, 4) is 11.1 Å². The summed E-state index contributed by atoms with van der Waals surface area (Å²) in [6, 6.07) is 15.4. The quantitative estimate of drug-likeness (QED) is 0.112. The number of nitrogens with zero attached hydrogens (tertiary/aromatic N) is 2. The number of amides is 2. The minimum Gasteiger partial charge on any atom is -0.351 e. The van der Waals surface area contributed by atoms with Gasteiger partial charge in [-0.05, 0) is 75.4 Å². The van der Waals surface area contributed by atoms with Gasteiger partial charge in [0.15, 0.2) is 0 Å². The molecule has 0 aliphatic rings. The van der Waals surface area contributed by atoms with Crippen LogP contribution < -0.4 is 10.6 Å². The Balaban J connectivity index is 1.64.